The van der Waals surface area contributed by atoms with Crippen molar-refractivity contribution in [1.29, 1.82) is 0 Å². The lowest BCUT2D eigenvalue weighted by Gasteiger charge is -2.31. The van der Waals surface area contributed by atoms with Crippen molar-refractivity contribution < 1.29 is 4.52 Å². The first-order chi connectivity index (χ1) is 10.2. The SMILES string of the molecule is Cc1ccc(-c2cc(CN3CCCC(CN)C3)on2)cc1.Cl. The van der Waals surface area contributed by atoms with E-state index in [9.17, 15) is 0 Å². The molecule has 120 valence electrons. The second-order valence-corrected chi connectivity index (χ2v) is 6.02. The Kier molecular flexibility index (Phi) is 6.00. The number of nitrogens with two attached hydrogens (primary N) is 1. The molecule has 0 aliphatic carbocycles. The number of hydrogen-bond donors (Lipinski definition) is 1. The smallest absolute Gasteiger partial charge is 0.151 e. The van der Waals surface area contributed by atoms with Gasteiger partial charge in [0.25, 0.3) is 0 Å². The molecular formula is C17H24ClN3O. The molecule has 1 saturated heterocycles. The van der Waals surface area contributed by atoms with Gasteiger partial charge >= 0.3 is 0 Å². The molecule has 0 saturated carbocycles. The van der Waals surface area contributed by atoms with Crippen LogP contribution < -0.4 is 5.73 Å². The van der Waals surface area contributed by atoms with Crippen LogP contribution in [0.3, 0.4) is 0 Å². The van der Waals surface area contributed by atoms with Gasteiger partial charge in [-0.05, 0) is 38.8 Å². The number of hydrogen-bond acceptors (Lipinski definition) is 4. The van der Waals surface area contributed by atoms with Gasteiger partial charge in [0.2, 0.25) is 0 Å². The third-order valence-electron chi connectivity index (χ3n) is 4.22. The van der Waals surface area contributed by atoms with Crippen molar-refractivity contribution in [3.05, 3.63) is 41.7 Å². The Morgan fingerprint density at radius 3 is 2.82 bits per heavy atom. The van der Waals surface area contributed by atoms with Gasteiger partial charge in [-0.2, -0.15) is 0 Å². The van der Waals surface area contributed by atoms with Crippen LogP contribution in [-0.2, 0) is 6.54 Å². The molecule has 0 spiro atoms. The first-order valence-electron chi connectivity index (χ1n) is 7.69. The highest BCUT2D eigenvalue weighted by Gasteiger charge is 2.20. The van der Waals surface area contributed by atoms with Crippen molar-refractivity contribution >= 4 is 12.4 Å². The van der Waals surface area contributed by atoms with Crippen molar-refractivity contribution in [2.75, 3.05) is 19.6 Å². The van der Waals surface area contributed by atoms with Crippen LogP contribution in [0.2, 0.25) is 0 Å². The van der Waals surface area contributed by atoms with E-state index in [0.29, 0.717) is 5.92 Å². The monoisotopic (exact) mass is 321 g/mol. The minimum absolute atomic E-state index is 0. The maximum Gasteiger partial charge on any atom is 0.151 e. The molecule has 1 unspecified atom stereocenters. The van der Waals surface area contributed by atoms with Crippen molar-refractivity contribution in [2.45, 2.75) is 26.3 Å². The van der Waals surface area contributed by atoms with Gasteiger partial charge in [-0.25, -0.2) is 0 Å². The van der Waals surface area contributed by atoms with Gasteiger partial charge in [-0.15, -0.1) is 12.4 Å². The van der Waals surface area contributed by atoms with E-state index in [-0.39, 0.29) is 12.4 Å². The molecule has 2 N–H and O–H groups in total. The number of aryl methyl sites for hydroxylation is 1. The summed E-state index contributed by atoms with van der Waals surface area (Å²) in [5, 5.41) is 4.19. The van der Waals surface area contributed by atoms with Crippen molar-refractivity contribution in [2.24, 2.45) is 11.7 Å². The summed E-state index contributed by atoms with van der Waals surface area (Å²) < 4.78 is 5.50. The number of likely N-dealkylation sites (tertiary alicyclic amines) is 1. The molecule has 3 rings (SSSR count). The minimum Gasteiger partial charge on any atom is -0.359 e. The number of nitrogens with zero attached hydrogens (tertiary/aromatic N) is 2. The van der Waals surface area contributed by atoms with Gasteiger partial charge in [-0.3, -0.25) is 4.90 Å². The second-order valence-electron chi connectivity index (χ2n) is 6.02. The van der Waals surface area contributed by atoms with Gasteiger partial charge in [0.15, 0.2) is 5.76 Å². The molecule has 2 heterocycles. The number of benzene rings is 1. The molecule has 1 aliphatic heterocycles. The third-order valence-corrected chi connectivity index (χ3v) is 4.22. The molecule has 1 aromatic carbocycles. The largest absolute Gasteiger partial charge is 0.359 e. The lowest BCUT2D eigenvalue weighted by atomic mass is 9.98. The van der Waals surface area contributed by atoms with Crippen LogP contribution in [0.4, 0.5) is 0 Å². The van der Waals surface area contributed by atoms with E-state index < -0.39 is 0 Å². The van der Waals surface area contributed by atoms with Gasteiger partial charge in [-0.1, -0.05) is 35.0 Å². The average Bonchev–Trinajstić information content (AvgIpc) is 2.96. The Morgan fingerprint density at radius 2 is 2.09 bits per heavy atom. The number of halogens is 1. The Balaban J connectivity index is 0.00000176. The van der Waals surface area contributed by atoms with E-state index in [0.717, 1.165) is 43.2 Å². The first kappa shape index (κ1) is 17.0. The van der Waals surface area contributed by atoms with Gasteiger partial charge in [0, 0.05) is 18.2 Å². The van der Waals surface area contributed by atoms with Crippen LogP contribution in [0.5, 0.6) is 0 Å². The molecule has 2 aromatic rings. The minimum atomic E-state index is 0. The van der Waals surface area contributed by atoms with E-state index in [1.807, 2.05) is 0 Å². The average molecular weight is 322 g/mol. The summed E-state index contributed by atoms with van der Waals surface area (Å²) in [6.45, 7) is 5.88. The molecule has 22 heavy (non-hydrogen) atoms. The summed E-state index contributed by atoms with van der Waals surface area (Å²) in [6.07, 6.45) is 2.47. The molecule has 4 nitrogen and oxygen atoms in total. The van der Waals surface area contributed by atoms with Crippen LogP contribution >= 0.6 is 12.4 Å². The number of rotatable bonds is 4. The normalized spacial score (nSPS) is 18.9. The van der Waals surface area contributed by atoms with Gasteiger partial charge < -0.3 is 10.3 Å². The quantitative estimate of drug-likeness (QED) is 0.939. The molecule has 0 radical (unpaired) electrons. The molecule has 1 aromatic heterocycles. The van der Waals surface area contributed by atoms with Gasteiger partial charge in [0.05, 0.1) is 6.54 Å². The highest BCUT2D eigenvalue weighted by molar-refractivity contribution is 5.85. The second kappa shape index (κ2) is 7.77. The molecule has 5 heteroatoms. The maximum absolute atomic E-state index is 5.79. The van der Waals surface area contributed by atoms with Crippen LogP contribution in [0.15, 0.2) is 34.9 Å². The highest BCUT2D eigenvalue weighted by Crippen LogP contribution is 2.22. The lowest BCUT2D eigenvalue weighted by molar-refractivity contribution is 0.156. The number of piperidine rings is 1. The molecule has 0 amide bonds. The fourth-order valence-corrected chi connectivity index (χ4v) is 2.96. The first-order valence-corrected chi connectivity index (χ1v) is 7.69. The van der Waals surface area contributed by atoms with Crippen LogP contribution in [-0.4, -0.2) is 29.7 Å². The van der Waals surface area contributed by atoms with Crippen LogP contribution in [0.25, 0.3) is 11.3 Å². The van der Waals surface area contributed by atoms with Crippen LogP contribution in [0.1, 0.15) is 24.2 Å². The Morgan fingerprint density at radius 1 is 1.32 bits per heavy atom. The molecule has 0 bridgehead atoms. The van der Waals surface area contributed by atoms with Crippen molar-refractivity contribution in [3.8, 4) is 11.3 Å². The highest BCUT2D eigenvalue weighted by atomic mass is 35.5. The molecular weight excluding hydrogens is 298 g/mol. The zero-order valence-electron chi connectivity index (χ0n) is 13.0. The molecule has 1 aliphatic rings. The van der Waals surface area contributed by atoms with Crippen LogP contribution in [0, 0.1) is 12.8 Å². The number of aromatic nitrogens is 1. The van der Waals surface area contributed by atoms with Crippen molar-refractivity contribution in [3.63, 3.8) is 0 Å². The summed E-state index contributed by atoms with van der Waals surface area (Å²) in [5.41, 5.74) is 9.06. The molecule has 1 fully saturated rings. The van der Waals surface area contributed by atoms with Crippen molar-refractivity contribution in [1.82, 2.24) is 10.1 Å². The third kappa shape index (κ3) is 4.09. The molecule has 1 atom stereocenters. The fourth-order valence-electron chi connectivity index (χ4n) is 2.96. The lowest BCUT2D eigenvalue weighted by Crippen LogP contribution is -2.37. The predicted octanol–water partition coefficient (Wildman–Crippen LogP) is 3.24. The topological polar surface area (TPSA) is 55.3 Å². The standard InChI is InChI=1S/C17H23N3O.ClH/c1-13-4-6-15(7-5-13)17-9-16(21-19-17)12-20-8-2-3-14(10-18)11-20;/h4-7,9,14H,2-3,8,10-12,18H2,1H3;1H. The van der Waals surface area contributed by atoms with E-state index in [4.69, 9.17) is 10.3 Å². The Labute approximate surface area is 138 Å². The zero-order chi connectivity index (χ0) is 14.7. The van der Waals surface area contributed by atoms with Gasteiger partial charge in [0.1, 0.15) is 5.69 Å². The maximum atomic E-state index is 5.79. The summed E-state index contributed by atoms with van der Waals surface area (Å²) in [7, 11) is 0. The summed E-state index contributed by atoms with van der Waals surface area (Å²) in [5.74, 6) is 1.56. The van der Waals surface area contributed by atoms with E-state index in [1.54, 1.807) is 0 Å². The fraction of sp³-hybridized carbons (Fsp3) is 0.471. The zero-order valence-corrected chi connectivity index (χ0v) is 13.8. The summed E-state index contributed by atoms with van der Waals surface area (Å²) in [6, 6.07) is 10.4. The summed E-state index contributed by atoms with van der Waals surface area (Å²) >= 11 is 0. The predicted molar refractivity (Wildman–Crippen MR) is 91.0 cm³/mol. The Bertz CT molecular complexity index is 582. The summed E-state index contributed by atoms with van der Waals surface area (Å²) in [4.78, 5) is 2.42. The Hall–Kier alpha value is -1.36. The van der Waals surface area contributed by atoms with E-state index in [2.05, 4.69) is 47.3 Å². The van der Waals surface area contributed by atoms with E-state index >= 15 is 0 Å². The van der Waals surface area contributed by atoms with E-state index in [1.165, 1.54) is 18.4 Å².